The van der Waals surface area contributed by atoms with Crippen LogP contribution >= 0.6 is 0 Å². The highest BCUT2D eigenvalue weighted by Crippen LogP contribution is 2.31. The summed E-state index contributed by atoms with van der Waals surface area (Å²) in [6.45, 7) is 1.87. The second-order valence-corrected chi connectivity index (χ2v) is 6.62. The molecular weight excluding hydrogens is 314 g/mol. The minimum Gasteiger partial charge on any atom is -0.388 e. The van der Waals surface area contributed by atoms with Crippen LogP contribution in [0.15, 0.2) is 54.6 Å². The topological polar surface area (TPSA) is 49.8 Å². The van der Waals surface area contributed by atoms with E-state index in [1.54, 1.807) is 7.11 Å². The lowest BCUT2D eigenvalue weighted by molar-refractivity contribution is 0.0462. The molecule has 2 aromatic rings. The first-order valence-corrected chi connectivity index (χ1v) is 8.79. The summed E-state index contributed by atoms with van der Waals surface area (Å²) >= 11 is 0. The molecule has 4 heteroatoms. The molecule has 0 bridgehead atoms. The lowest BCUT2D eigenvalue weighted by Gasteiger charge is -2.34. The fourth-order valence-corrected chi connectivity index (χ4v) is 3.48. The average Bonchev–Trinajstić information content (AvgIpc) is 2.68. The van der Waals surface area contributed by atoms with Crippen LogP contribution in [0.1, 0.15) is 40.4 Å². The zero-order chi connectivity index (χ0) is 17.6. The molecule has 1 fully saturated rings. The highest BCUT2D eigenvalue weighted by Gasteiger charge is 2.28. The van der Waals surface area contributed by atoms with E-state index in [2.05, 4.69) is 0 Å². The quantitative estimate of drug-likeness (QED) is 0.908. The van der Waals surface area contributed by atoms with Gasteiger partial charge in [-0.15, -0.1) is 0 Å². The summed E-state index contributed by atoms with van der Waals surface area (Å²) in [4.78, 5) is 14.6. The van der Waals surface area contributed by atoms with Gasteiger partial charge in [0.1, 0.15) is 0 Å². The number of likely N-dealkylation sites (tertiary alicyclic amines) is 1. The summed E-state index contributed by atoms with van der Waals surface area (Å²) in [6, 6.07) is 17.4. The van der Waals surface area contributed by atoms with Gasteiger partial charge in [-0.3, -0.25) is 4.79 Å². The smallest absolute Gasteiger partial charge is 0.253 e. The van der Waals surface area contributed by atoms with E-state index >= 15 is 0 Å². The predicted octanol–water partition coefficient (Wildman–Crippen LogP) is 3.42. The van der Waals surface area contributed by atoms with Crippen LogP contribution < -0.4 is 0 Å². The van der Waals surface area contributed by atoms with Crippen molar-refractivity contribution >= 4 is 5.91 Å². The minimum absolute atomic E-state index is 0.0607. The fourth-order valence-electron chi connectivity index (χ4n) is 3.48. The van der Waals surface area contributed by atoms with Gasteiger partial charge in [-0.25, -0.2) is 0 Å². The van der Waals surface area contributed by atoms with Crippen LogP contribution in [0.25, 0.3) is 0 Å². The molecule has 132 valence electrons. The number of nitrogens with zero attached hydrogens (tertiary/aromatic N) is 1. The zero-order valence-corrected chi connectivity index (χ0v) is 14.6. The molecule has 0 unspecified atom stereocenters. The molecular formula is C21H25NO3. The van der Waals surface area contributed by atoms with Crippen molar-refractivity contribution < 1.29 is 14.6 Å². The van der Waals surface area contributed by atoms with E-state index in [9.17, 15) is 9.90 Å². The van der Waals surface area contributed by atoms with Gasteiger partial charge >= 0.3 is 0 Å². The van der Waals surface area contributed by atoms with Crippen LogP contribution in [-0.4, -0.2) is 36.1 Å². The molecule has 4 nitrogen and oxygen atoms in total. The first kappa shape index (κ1) is 17.6. The maximum atomic E-state index is 12.7. The third-order valence-electron chi connectivity index (χ3n) is 4.90. The van der Waals surface area contributed by atoms with E-state index in [1.165, 1.54) is 0 Å². The third kappa shape index (κ3) is 4.27. The molecule has 0 saturated carbocycles. The fraction of sp³-hybridized carbons (Fsp3) is 0.381. The number of amides is 1. The summed E-state index contributed by atoms with van der Waals surface area (Å²) in [7, 11) is 1.65. The predicted molar refractivity (Wildman–Crippen MR) is 97.2 cm³/mol. The summed E-state index contributed by atoms with van der Waals surface area (Å²) in [5, 5.41) is 10.6. The van der Waals surface area contributed by atoms with E-state index in [0.29, 0.717) is 25.3 Å². The largest absolute Gasteiger partial charge is 0.388 e. The summed E-state index contributed by atoms with van der Waals surface area (Å²) in [5.74, 6) is 0.261. The molecule has 0 radical (unpaired) electrons. The van der Waals surface area contributed by atoms with Gasteiger partial charge in [0.25, 0.3) is 5.91 Å². The third-order valence-corrected chi connectivity index (χ3v) is 4.90. The van der Waals surface area contributed by atoms with Crippen LogP contribution in [0.4, 0.5) is 0 Å². The molecule has 0 spiro atoms. The number of hydrogen-bond acceptors (Lipinski definition) is 3. The number of rotatable bonds is 5. The molecule has 2 aromatic carbocycles. The van der Waals surface area contributed by atoms with E-state index in [1.807, 2.05) is 59.5 Å². The zero-order valence-electron chi connectivity index (χ0n) is 14.6. The molecule has 3 rings (SSSR count). The van der Waals surface area contributed by atoms with Gasteiger partial charge in [0, 0.05) is 25.8 Å². The second-order valence-electron chi connectivity index (χ2n) is 6.62. The number of methoxy groups -OCH3 is 1. The number of piperidine rings is 1. The van der Waals surface area contributed by atoms with Gasteiger partial charge in [-0.1, -0.05) is 42.5 Å². The van der Waals surface area contributed by atoms with Crippen LogP contribution in [0, 0.1) is 5.92 Å². The Bertz CT molecular complexity index is 693. The highest BCUT2D eigenvalue weighted by molar-refractivity contribution is 5.94. The average molecular weight is 339 g/mol. The Morgan fingerprint density at radius 3 is 2.56 bits per heavy atom. The summed E-state index contributed by atoms with van der Waals surface area (Å²) in [6.07, 6.45) is 1.18. The lowest BCUT2D eigenvalue weighted by Crippen LogP contribution is -2.39. The maximum Gasteiger partial charge on any atom is 0.253 e. The first-order valence-electron chi connectivity index (χ1n) is 8.79. The van der Waals surface area contributed by atoms with Gasteiger partial charge in [0.2, 0.25) is 0 Å². The van der Waals surface area contributed by atoms with Crippen molar-refractivity contribution in [2.45, 2.75) is 25.6 Å². The van der Waals surface area contributed by atoms with Crippen LogP contribution in [0.2, 0.25) is 0 Å². The Kier molecular flexibility index (Phi) is 5.84. The molecule has 25 heavy (non-hydrogen) atoms. The SMILES string of the molecule is COCc1cccc(C(=O)N2CCC([C@H](O)c3ccccc3)CC2)c1. The minimum atomic E-state index is -0.455. The van der Waals surface area contributed by atoms with Gasteiger partial charge in [-0.2, -0.15) is 0 Å². The van der Waals surface area contributed by atoms with Crippen molar-refractivity contribution in [2.24, 2.45) is 5.92 Å². The number of benzene rings is 2. The molecule has 1 atom stereocenters. The highest BCUT2D eigenvalue weighted by atomic mass is 16.5. The number of hydrogen-bond donors (Lipinski definition) is 1. The molecule has 0 aromatic heterocycles. The van der Waals surface area contributed by atoms with Crippen molar-refractivity contribution in [3.8, 4) is 0 Å². The van der Waals surface area contributed by atoms with Gasteiger partial charge in [0.05, 0.1) is 12.7 Å². The Morgan fingerprint density at radius 1 is 1.16 bits per heavy atom. The second kappa shape index (κ2) is 8.28. The summed E-state index contributed by atoms with van der Waals surface area (Å²) < 4.78 is 5.14. The van der Waals surface area contributed by atoms with Gasteiger partial charge in [0.15, 0.2) is 0 Å². The van der Waals surface area contributed by atoms with Crippen molar-refractivity contribution in [2.75, 3.05) is 20.2 Å². The standard InChI is InChI=1S/C21H25NO3/c1-25-15-16-6-5-9-19(14-16)21(24)22-12-10-18(11-13-22)20(23)17-7-3-2-4-8-17/h2-9,14,18,20,23H,10-13,15H2,1H3/t20-/m1/s1. The molecule has 0 aliphatic carbocycles. The Balaban J connectivity index is 1.60. The first-order chi connectivity index (χ1) is 12.2. The number of aliphatic hydroxyl groups is 1. The lowest BCUT2D eigenvalue weighted by atomic mass is 9.87. The molecule has 1 N–H and O–H groups in total. The van der Waals surface area contributed by atoms with E-state index in [4.69, 9.17) is 4.74 Å². The van der Waals surface area contributed by atoms with Crippen molar-refractivity contribution in [3.05, 3.63) is 71.3 Å². The Labute approximate surface area is 149 Å². The molecule has 1 heterocycles. The van der Waals surface area contributed by atoms with Crippen molar-refractivity contribution in [3.63, 3.8) is 0 Å². The summed E-state index contributed by atoms with van der Waals surface area (Å²) in [5.41, 5.74) is 2.67. The van der Waals surface area contributed by atoms with E-state index in [0.717, 1.165) is 24.0 Å². The normalized spacial score (nSPS) is 16.6. The maximum absolute atomic E-state index is 12.7. The van der Waals surface area contributed by atoms with Crippen LogP contribution in [0.3, 0.4) is 0 Å². The number of carbonyl (C=O) groups is 1. The molecule has 1 aliphatic rings. The molecule has 1 aliphatic heterocycles. The Hall–Kier alpha value is -2.17. The number of aliphatic hydroxyl groups excluding tert-OH is 1. The van der Waals surface area contributed by atoms with Crippen molar-refractivity contribution in [1.29, 1.82) is 0 Å². The van der Waals surface area contributed by atoms with Gasteiger partial charge in [-0.05, 0) is 42.0 Å². The van der Waals surface area contributed by atoms with E-state index < -0.39 is 6.10 Å². The number of carbonyl (C=O) groups excluding carboxylic acids is 1. The van der Waals surface area contributed by atoms with Crippen molar-refractivity contribution in [1.82, 2.24) is 4.90 Å². The van der Waals surface area contributed by atoms with Gasteiger partial charge < -0.3 is 14.7 Å². The molecule has 1 amide bonds. The molecule has 1 saturated heterocycles. The van der Waals surface area contributed by atoms with E-state index in [-0.39, 0.29) is 11.8 Å². The number of ether oxygens (including phenoxy) is 1. The van der Waals surface area contributed by atoms with Crippen LogP contribution in [-0.2, 0) is 11.3 Å². The monoisotopic (exact) mass is 339 g/mol. The Morgan fingerprint density at radius 2 is 1.88 bits per heavy atom. The van der Waals surface area contributed by atoms with Crippen LogP contribution in [0.5, 0.6) is 0 Å².